The normalized spacial score (nSPS) is 11.2. The molecular formula is C20H15ClN4O5. The maximum absolute atomic E-state index is 13.0. The van der Waals surface area contributed by atoms with Gasteiger partial charge in [0.15, 0.2) is 0 Å². The first-order chi connectivity index (χ1) is 14.2. The number of phenolic OH excluding ortho intramolecular Hbond substituents is 1. The van der Waals surface area contributed by atoms with Crippen LogP contribution in [0.4, 0.5) is 5.69 Å². The molecule has 0 saturated carbocycles. The Morgan fingerprint density at radius 1 is 1.07 bits per heavy atom. The van der Waals surface area contributed by atoms with Crippen molar-refractivity contribution in [2.45, 2.75) is 0 Å². The van der Waals surface area contributed by atoms with Gasteiger partial charge < -0.3 is 9.67 Å². The molecule has 0 spiro atoms. The molecule has 0 atom stereocenters. The number of nitro groups is 1. The predicted molar refractivity (Wildman–Crippen MR) is 113 cm³/mol. The Morgan fingerprint density at radius 3 is 2.50 bits per heavy atom. The summed E-state index contributed by atoms with van der Waals surface area (Å²) in [7, 11) is 2.87. The van der Waals surface area contributed by atoms with Crippen LogP contribution in [-0.4, -0.2) is 23.7 Å². The van der Waals surface area contributed by atoms with Crippen LogP contribution in [0.15, 0.2) is 58.3 Å². The van der Waals surface area contributed by atoms with Gasteiger partial charge in [0, 0.05) is 43.0 Å². The molecule has 2 aromatic heterocycles. The Kier molecular flexibility index (Phi) is 4.47. The van der Waals surface area contributed by atoms with Crippen molar-refractivity contribution in [3.05, 3.63) is 84.6 Å². The van der Waals surface area contributed by atoms with Gasteiger partial charge in [-0.2, -0.15) is 0 Å². The summed E-state index contributed by atoms with van der Waals surface area (Å²) in [6, 6.07) is 10.2. The van der Waals surface area contributed by atoms with Gasteiger partial charge in [-0.3, -0.25) is 24.0 Å². The van der Waals surface area contributed by atoms with E-state index in [4.69, 9.17) is 11.6 Å². The van der Waals surface area contributed by atoms with Crippen LogP contribution < -0.4 is 11.2 Å². The van der Waals surface area contributed by atoms with Crippen LogP contribution in [-0.2, 0) is 14.1 Å². The van der Waals surface area contributed by atoms with E-state index in [-0.39, 0.29) is 22.5 Å². The summed E-state index contributed by atoms with van der Waals surface area (Å²) in [5.41, 5.74) is -0.0127. The van der Waals surface area contributed by atoms with Crippen LogP contribution >= 0.6 is 11.6 Å². The fourth-order valence-electron chi connectivity index (χ4n) is 3.47. The van der Waals surface area contributed by atoms with Gasteiger partial charge in [-0.15, -0.1) is 0 Å². The molecule has 152 valence electrons. The van der Waals surface area contributed by atoms with E-state index < -0.39 is 16.2 Å². The lowest BCUT2D eigenvalue weighted by Crippen LogP contribution is -2.36. The van der Waals surface area contributed by atoms with Crippen LogP contribution in [0, 0.1) is 10.1 Å². The second-order valence-electron chi connectivity index (χ2n) is 6.75. The zero-order chi connectivity index (χ0) is 21.7. The van der Waals surface area contributed by atoms with Crippen LogP contribution in [0.5, 0.6) is 5.75 Å². The molecular weight excluding hydrogens is 412 g/mol. The lowest BCUT2D eigenvalue weighted by atomic mass is 10.1. The molecule has 4 aromatic rings. The Labute approximate surface area is 173 Å². The summed E-state index contributed by atoms with van der Waals surface area (Å²) in [6.07, 6.45) is 1.53. The third-order valence-electron chi connectivity index (χ3n) is 4.97. The quantitative estimate of drug-likeness (QED) is 0.399. The van der Waals surface area contributed by atoms with E-state index in [1.165, 1.54) is 65.8 Å². The first-order valence-electron chi connectivity index (χ1n) is 8.75. The van der Waals surface area contributed by atoms with E-state index in [2.05, 4.69) is 0 Å². The zero-order valence-electron chi connectivity index (χ0n) is 15.9. The third-order valence-corrected chi connectivity index (χ3v) is 5.20. The van der Waals surface area contributed by atoms with Crippen molar-refractivity contribution in [3.63, 3.8) is 0 Å². The highest BCUT2D eigenvalue weighted by molar-refractivity contribution is 6.30. The topological polar surface area (TPSA) is 112 Å². The maximum Gasteiger partial charge on any atom is 0.330 e. The monoisotopic (exact) mass is 426 g/mol. The second-order valence-corrected chi connectivity index (χ2v) is 7.19. The first kappa shape index (κ1) is 19.5. The minimum atomic E-state index is -0.560. The number of aromatic nitrogens is 3. The van der Waals surface area contributed by atoms with E-state index in [1.807, 2.05) is 0 Å². The molecule has 1 N–H and O–H groups in total. The van der Waals surface area contributed by atoms with Crippen LogP contribution in [0.2, 0.25) is 5.02 Å². The van der Waals surface area contributed by atoms with Gasteiger partial charge in [0.1, 0.15) is 5.75 Å². The number of hydrogen-bond donors (Lipinski definition) is 1. The summed E-state index contributed by atoms with van der Waals surface area (Å²) in [5.74, 6) is -0.117. The average Bonchev–Trinajstić information content (AvgIpc) is 3.13. The van der Waals surface area contributed by atoms with Crippen molar-refractivity contribution < 1.29 is 10.0 Å². The van der Waals surface area contributed by atoms with Crippen molar-refractivity contribution in [3.8, 4) is 22.7 Å². The smallest absolute Gasteiger partial charge is 0.330 e. The molecule has 2 aromatic carbocycles. The molecule has 10 heteroatoms. The number of aryl methyl sites for hydroxylation is 1. The van der Waals surface area contributed by atoms with E-state index >= 15 is 0 Å². The van der Waals surface area contributed by atoms with Gasteiger partial charge in [0.25, 0.3) is 11.2 Å². The second kappa shape index (κ2) is 6.89. The molecule has 0 aliphatic heterocycles. The number of rotatable bonds is 3. The van der Waals surface area contributed by atoms with Gasteiger partial charge in [0.2, 0.25) is 0 Å². The highest BCUT2D eigenvalue weighted by atomic mass is 35.5. The van der Waals surface area contributed by atoms with Crippen LogP contribution in [0.3, 0.4) is 0 Å². The molecule has 0 bridgehead atoms. The molecule has 0 amide bonds. The maximum atomic E-state index is 13.0. The van der Waals surface area contributed by atoms with Crippen molar-refractivity contribution in [2.24, 2.45) is 14.1 Å². The number of fused-ring (bicyclic) bond motifs is 1. The Hall–Kier alpha value is -3.85. The molecule has 0 aliphatic carbocycles. The van der Waals surface area contributed by atoms with Crippen molar-refractivity contribution in [1.29, 1.82) is 0 Å². The zero-order valence-corrected chi connectivity index (χ0v) is 16.6. The Morgan fingerprint density at radius 2 is 1.80 bits per heavy atom. The lowest BCUT2D eigenvalue weighted by molar-refractivity contribution is -0.384. The third kappa shape index (κ3) is 2.87. The number of halogens is 1. The number of nitro benzene ring substituents is 1. The summed E-state index contributed by atoms with van der Waals surface area (Å²) < 4.78 is 3.77. The molecule has 9 nitrogen and oxygen atoms in total. The molecule has 0 unspecified atom stereocenters. The van der Waals surface area contributed by atoms with E-state index in [0.29, 0.717) is 21.8 Å². The molecule has 0 saturated heterocycles. The highest BCUT2D eigenvalue weighted by Gasteiger charge is 2.22. The predicted octanol–water partition coefficient (Wildman–Crippen LogP) is 2.96. The number of benzene rings is 2. The fourth-order valence-corrected chi connectivity index (χ4v) is 3.64. The van der Waals surface area contributed by atoms with Crippen LogP contribution in [0.1, 0.15) is 0 Å². The minimum absolute atomic E-state index is 0.117. The molecule has 0 radical (unpaired) electrons. The van der Waals surface area contributed by atoms with Crippen molar-refractivity contribution >= 4 is 28.2 Å². The number of phenols is 1. The summed E-state index contributed by atoms with van der Waals surface area (Å²) >= 11 is 6.11. The molecule has 0 aliphatic rings. The Balaban J connectivity index is 2.23. The summed E-state index contributed by atoms with van der Waals surface area (Å²) in [6.45, 7) is 0. The molecule has 0 fully saturated rings. The highest BCUT2D eigenvalue weighted by Crippen LogP contribution is 2.36. The van der Waals surface area contributed by atoms with E-state index in [0.717, 1.165) is 4.57 Å². The van der Waals surface area contributed by atoms with Crippen LogP contribution in [0.25, 0.3) is 27.8 Å². The number of non-ortho nitro benzene ring substituents is 1. The first-order valence-corrected chi connectivity index (χ1v) is 9.13. The van der Waals surface area contributed by atoms with Crippen molar-refractivity contribution in [1.82, 2.24) is 13.7 Å². The van der Waals surface area contributed by atoms with Gasteiger partial charge in [0.05, 0.1) is 27.2 Å². The van der Waals surface area contributed by atoms with E-state index in [1.54, 1.807) is 6.07 Å². The molecule has 30 heavy (non-hydrogen) atoms. The number of nitrogens with zero attached hydrogens (tertiary/aromatic N) is 4. The summed E-state index contributed by atoms with van der Waals surface area (Å²) in [5, 5.41) is 22.2. The molecule has 2 heterocycles. The average molecular weight is 427 g/mol. The fraction of sp³-hybridized carbons (Fsp3) is 0.100. The van der Waals surface area contributed by atoms with Crippen molar-refractivity contribution in [2.75, 3.05) is 0 Å². The van der Waals surface area contributed by atoms with E-state index in [9.17, 15) is 24.8 Å². The Bertz CT molecular complexity index is 1460. The molecule has 4 rings (SSSR count). The van der Waals surface area contributed by atoms with Gasteiger partial charge in [-0.05, 0) is 18.2 Å². The van der Waals surface area contributed by atoms with Gasteiger partial charge in [-0.25, -0.2) is 4.79 Å². The number of hydrogen-bond acceptors (Lipinski definition) is 5. The van der Waals surface area contributed by atoms with Gasteiger partial charge >= 0.3 is 5.69 Å². The standard InChI is InChI=1S/C20H15ClN4O5/c1-22-15-10-24(14-9-12(21)6-7-16(14)26)18(17(15)19(27)23(2)20(22)28)11-4-3-5-13(8-11)25(29)30/h3-10,26H,1-2H3. The number of aromatic hydroxyl groups is 1. The minimum Gasteiger partial charge on any atom is -0.506 e. The SMILES string of the molecule is Cn1c(=O)c2c(-c3cccc([N+](=O)[O-])c3)n(-c3cc(Cl)ccc3O)cc2n(C)c1=O. The largest absolute Gasteiger partial charge is 0.506 e. The lowest BCUT2D eigenvalue weighted by Gasteiger charge is -2.12. The van der Waals surface area contributed by atoms with Gasteiger partial charge in [-0.1, -0.05) is 23.7 Å². The summed E-state index contributed by atoms with van der Waals surface area (Å²) in [4.78, 5) is 36.2.